The molecule has 0 bridgehead atoms. The van der Waals surface area contributed by atoms with Crippen LogP contribution in [0.3, 0.4) is 0 Å². The van der Waals surface area contributed by atoms with Gasteiger partial charge in [0.15, 0.2) is 0 Å². The summed E-state index contributed by atoms with van der Waals surface area (Å²) in [6.07, 6.45) is 0. The van der Waals surface area contributed by atoms with Crippen molar-refractivity contribution in [3.8, 4) is 0 Å². The Balaban J connectivity index is 3.17. The Morgan fingerprint density at radius 2 is 2.11 bits per heavy atom. The number of nitrogen functional groups attached to an aromatic ring is 1. The lowest BCUT2D eigenvalue weighted by Crippen LogP contribution is -1.86. The lowest BCUT2D eigenvalue weighted by Gasteiger charge is -1.95. The molecule has 0 aliphatic heterocycles. The summed E-state index contributed by atoms with van der Waals surface area (Å²) in [6, 6.07) is 5.40. The van der Waals surface area contributed by atoms with Crippen LogP contribution in [-0.4, -0.2) is 0 Å². The molecular weight excluding hydrogens is 254 g/mol. The molecular formula is C6H5ClIN. The minimum atomic E-state index is 0.730. The minimum Gasteiger partial charge on any atom is -0.398 e. The van der Waals surface area contributed by atoms with Gasteiger partial charge in [-0.25, -0.2) is 0 Å². The maximum Gasteiger partial charge on any atom is 0.0450 e. The first-order chi connectivity index (χ1) is 4.20. The number of nitrogens with two attached hydrogens (primary N) is 1. The van der Waals surface area contributed by atoms with E-state index in [9.17, 15) is 0 Å². The maximum absolute atomic E-state index is 5.66. The van der Waals surface area contributed by atoms with E-state index in [-0.39, 0.29) is 0 Å². The summed E-state index contributed by atoms with van der Waals surface area (Å²) in [5.74, 6) is 0. The summed E-state index contributed by atoms with van der Waals surface area (Å²) >= 11 is 7.80. The van der Waals surface area contributed by atoms with E-state index < -0.39 is 0 Å². The standard InChI is InChI=1S/C6H5ClIN/c7-4-1-2-6(9)5(8)3-4/h1-3H,9H2/i1+1,2+1,3+1,4+1,5+1,6+1. The van der Waals surface area contributed by atoms with Gasteiger partial charge < -0.3 is 5.73 Å². The van der Waals surface area contributed by atoms with Crippen LogP contribution < -0.4 is 5.73 Å². The van der Waals surface area contributed by atoms with Crippen LogP contribution in [0, 0.1) is 3.57 Å². The predicted molar refractivity (Wildman–Crippen MR) is 48.6 cm³/mol. The number of anilines is 1. The number of rotatable bonds is 0. The average Bonchev–Trinajstić information content (AvgIpc) is 1.80. The topological polar surface area (TPSA) is 26.0 Å². The zero-order valence-electron chi connectivity index (χ0n) is 4.57. The highest BCUT2D eigenvalue weighted by Gasteiger charge is 1.92. The summed E-state index contributed by atoms with van der Waals surface area (Å²) in [7, 11) is 0. The first kappa shape index (κ1) is 7.15. The van der Waals surface area contributed by atoms with Gasteiger partial charge in [-0.15, -0.1) is 0 Å². The van der Waals surface area contributed by atoms with E-state index in [2.05, 4.69) is 22.6 Å². The molecule has 0 atom stereocenters. The van der Waals surface area contributed by atoms with Crippen LogP contribution >= 0.6 is 34.2 Å². The molecule has 0 aromatic heterocycles. The molecule has 1 aromatic rings. The SMILES string of the molecule is N[13c]1[13cH][13cH][13c](Cl)[13cH][13c]1I. The Bertz CT molecular complexity index is 224. The van der Waals surface area contributed by atoms with E-state index in [1.54, 1.807) is 12.1 Å². The minimum absolute atomic E-state index is 0.730. The molecule has 0 aliphatic rings. The molecule has 0 saturated carbocycles. The molecule has 48 valence electrons. The summed E-state index contributed by atoms with van der Waals surface area (Å²) < 4.78 is 1.00. The van der Waals surface area contributed by atoms with Crippen LogP contribution in [0.4, 0.5) is 5.69 Å². The average molecular weight is 259 g/mol. The van der Waals surface area contributed by atoms with Crippen LogP contribution in [0.15, 0.2) is 18.2 Å². The van der Waals surface area contributed by atoms with Crippen molar-refractivity contribution in [1.82, 2.24) is 0 Å². The lowest BCUT2D eigenvalue weighted by molar-refractivity contribution is 1.63. The monoisotopic (exact) mass is 259 g/mol. The number of halogens is 2. The van der Waals surface area contributed by atoms with Gasteiger partial charge in [-0.05, 0) is 40.8 Å². The summed E-state index contributed by atoms with van der Waals surface area (Å²) in [6.45, 7) is 0. The fourth-order valence-corrected chi connectivity index (χ4v) is 1.37. The van der Waals surface area contributed by atoms with Crippen molar-refractivity contribution in [2.24, 2.45) is 0 Å². The maximum atomic E-state index is 5.66. The van der Waals surface area contributed by atoms with Crippen LogP contribution in [0.1, 0.15) is 0 Å². The van der Waals surface area contributed by atoms with Crippen LogP contribution in [0.5, 0.6) is 0 Å². The normalized spacial score (nSPS) is 9.56. The summed E-state index contributed by atoms with van der Waals surface area (Å²) in [5, 5.41) is 0.730. The summed E-state index contributed by atoms with van der Waals surface area (Å²) in [4.78, 5) is 0. The van der Waals surface area contributed by atoms with Gasteiger partial charge in [0, 0.05) is 14.3 Å². The number of hydrogen-bond donors (Lipinski definition) is 1. The largest absolute Gasteiger partial charge is 0.398 e. The van der Waals surface area contributed by atoms with E-state index in [4.69, 9.17) is 17.3 Å². The van der Waals surface area contributed by atoms with Gasteiger partial charge in [-0.1, -0.05) is 11.6 Å². The molecule has 3 heteroatoms. The first-order valence-corrected chi connectivity index (χ1v) is 3.86. The van der Waals surface area contributed by atoms with E-state index in [1.165, 1.54) is 0 Å². The van der Waals surface area contributed by atoms with E-state index in [0.717, 1.165) is 14.3 Å². The van der Waals surface area contributed by atoms with Crippen molar-refractivity contribution in [1.29, 1.82) is 0 Å². The van der Waals surface area contributed by atoms with E-state index >= 15 is 0 Å². The molecule has 0 unspecified atom stereocenters. The fourth-order valence-electron chi connectivity index (χ4n) is 0.502. The molecule has 2 N–H and O–H groups in total. The Hall–Kier alpha value is 0.0400. The fraction of sp³-hybridized carbons (Fsp3) is 0. The van der Waals surface area contributed by atoms with Crippen molar-refractivity contribution in [2.45, 2.75) is 0 Å². The molecule has 9 heavy (non-hydrogen) atoms. The Labute approximate surface area is 72.3 Å². The quantitative estimate of drug-likeness (QED) is 0.562. The van der Waals surface area contributed by atoms with Gasteiger partial charge in [0.1, 0.15) is 0 Å². The van der Waals surface area contributed by atoms with Crippen LogP contribution in [-0.2, 0) is 0 Å². The molecule has 1 rings (SSSR count). The molecule has 0 spiro atoms. The number of benzene rings is 1. The van der Waals surface area contributed by atoms with Gasteiger partial charge in [-0.2, -0.15) is 0 Å². The Kier molecular flexibility index (Phi) is 2.18. The van der Waals surface area contributed by atoms with Crippen LogP contribution in [0.25, 0.3) is 0 Å². The second-order valence-corrected chi connectivity index (χ2v) is 3.26. The second kappa shape index (κ2) is 2.75. The van der Waals surface area contributed by atoms with Gasteiger partial charge >= 0.3 is 0 Å². The Morgan fingerprint density at radius 1 is 1.44 bits per heavy atom. The molecule has 0 amide bonds. The highest BCUT2D eigenvalue weighted by Crippen LogP contribution is 2.18. The lowest BCUT2D eigenvalue weighted by atomic mass is 11.3. The van der Waals surface area contributed by atoms with Gasteiger partial charge in [-0.3, -0.25) is 0 Å². The second-order valence-electron chi connectivity index (χ2n) is 1.67. The van der Waals surface area contributed by atoms with E-state index in [0.29, 0.717) is 0 Å². The van der Waals surface area contributed by atoms with E-state index in [1.807, 2.05) is 6.07 Å². The van der Waals surface area contributed by atoms with Gasteiger partial charge in [0.05, 0.1) is 0 Å². The smallest absolute Gasteiger partial charge is 0.0450 e. The molecule has 1 aromatic carbocycles. The molecule has 0 saturated heterocycles. The zero-order valence-corrected chi connectivity index (χ0v) is 7.48. The van der Waals surface area contributed by atoms with Crippen molar-refractivity contribution in [3.05, 3.63) is 26.8 Å². The summed E-state index contributed by atoms with van der Waals surface area (Å²) in [5.41, 5.74) is 6.30. The molecule has 0 aliphatic carbocycles. The molecule has 0 heterocycles. The van der Waals surface area contributed by atoms with Gasteiger partial charge in [0.2, 0.25) is 0 Å². The first-order valence-electron chi connectivity index (χ1n) is 2.40. The zero-order chi connectivity index (χ0) is 6.85. The predicted octanol–water partition coefficient (Wildman–Crippen LogP) is 2.53. The Morgan fingerprint density at radius 3 is 2.56 bits per heavy atom. The third-order valence-electron chi connectivity index (χ3n) is 0.962. The number of hydrogen-bond acceptors (Lipinski definition) is 1. The highest BCUT2D eigenvalue weighted by atomic mass is 127. The van der Waals surface area contributed by atoms with Crippen molar-refractivity contribution < 1.29 is 0 Å². The third-order valence-corrected chi connectivity index (χ3v) is 2.13. The van der Waals surface area contributed by atoms with Gasteiger partial charge in [0.25, 0.3) is 0 Å². The molecule has 0 radical (unpaired) electrons. The van der Waals surface area contributed by atoms with Crippen molar-refractivity contribution in [2.75, 3.05) is 5.73 Å². The van der Waals surface area contributed by atoms with Crippen molar-refractivity contribution >= 4 is 39.9 Å². The molecule has 1 nitrogen and oxygen atoms in total. The molecule has 0 fully saturated rings. The third kappa shape index (κ3) is 1.72. The van der Waals surface area contributed by atoms with Crippen LogP contribution in [0.2, 0.25) is 5.02 Å². The van der Waals surface area contributed by atoms with Crippen molar-refractivity contribution in [3.63, 3.8) is 0 Å². The highest BCUT2D eigenvalue weighted by molar-refractivity contribution is 14.1.